The van der Waals surface area contributed by atoms with E-state index in [2.05, 4.69) is 42.5 Å². The Morgan fingerprint density at radius 1 is 1.06 bits per heavy atom. The zero-order valence-corrected chi connectivity index (χ0v) is 19.3. The number of ether oxygens (including phenoxy) is 1. The van der Waals surface area contributed by atoms with Gasteiger partial charge in [-0.1, -0.05) is 5.92 Å². The summed E-state index contributed by atoms with van der Waals surface area (Å²) in [7, 11) is 0. The van der Waals surface area contributed by atoms with Gasteiger partial charge >= 0.3 is 0 Å². The van der Waals surface area contributed by atoms with Gasteiger partial charge in [-0.15, -0.1) is 0 Å². The molecule has 0 aliphatic carbocycles. The van der Waals surface area contributed by atoms with E-state index in [-0.39, 0.29) is 13.0 Å². The molecule has 178 valence electrons. The van der Waals surface area contributed by atoms with Gasteiger partial charge in [-0.2, -0.15) is 5.10 Å². The normalized spacial score (nSPS) is 10.6. The van der Waals surface area contributed by atoms with Crippen LogP contribution in [0.5, 0.6) is 11.5 Å². The Morgan fingerprint density at radius 2 is 1.94 bits per heavy atom. The summed E-state index contributed by atoms with van der Waals surface area (Å²) < 4.78 is 7.72. The van der Waals surface area contributed by atoms with Gasteiger partial charge in [0.05, 0.1) is 12.1 Å². The Kier molecular flexibility index (Phi) is 6.38. The molecule has 0 unspecified atom stereocenters. The van der Waals surface area contributed by atoms with Crippen molar-refractivity contribution < 1.29 is 14.6 Å². The molecule has 0 bridgehead atoms. The predicted octanol–water partition coefficient (Wildman–Crippen LogP) is 3.84. The highest BCUT2D eigenvalue weighted by atomic mass is 16.5. The molecular weight excluding hydrogens is 458 g/mol. The van der Waals surface area contributed by atoms with Gasteiger partial charge in [0, 0.05) is 35.4 Å². The number of benzene rings is 2. The molecule has 5 rings (SSSR count). The summed E-state index contributed by atoms with van der Waals surface area (Å²) in [4.78, 5) is 24.9. The largest absolute Gasteiger partial charge is 0.457 e. The number of fused-ring (bicyclic) bond motifs is 2. The maximum Gasteiger partial charge on any atom is 0.300 e. The van der Waals surface area contributed by atoms with E-state index in [9.17, 15) is 4.79 Å². The standard InChI is InChI=1S/C26H21N7O3/c1-17-12-18(6-8-23(17)36-20-9-10-33-24(14-20)28-16-30-33)32-26-21-13-19(5-7-22(21)27-15-29-26)31-25(35)4-2-3-11-34/h5-10,12-16,34H,3,11H2,1H3,(H,31,35)(H,27,29,32). The van der Waals surface area contributed by atoms with Crippen LogP contribution < -0.4 is 15.4 Å². The summed E-state index contributed by atoms with van der Waals surface area (Å²) >= 11 is 0. The summed E-state index contributed by atoms with van der Waals surface area (Å²) in [5.41, 5.74) is 3.73. The lowest BCUT2D eigenvalue weighted by molar-refractivity contribution is -0.111. The number of pyridine rings is 1. The Balaban J connectivity index is 1.35. The van der Waals surface area contributed by atoms with Crippen LogP contribution in [0.2, 0.25) is 0 Å². The molecule has 1 amide bonds. The fourth-order valence-corrected chi connectivity index (χ4v) is 3.56. The van der Waals surface area contributed by atoms with Crippen molar-refractivity contribution in [3.63, 3.8) is 0 Å². The number of hydrogen-bond acceptors (Lipinski definition) is 8. The fraction of sp³-hybridized carbons (Fsp3) is 0.115. The van der Waals surface area contributed by atoms with Crippen LogP contribution in [0, 0.1) is 18.8 Å². The second kappa shape index (κ2) is 10.1. The molecule has 0 radical (unpaired) electrons. The van der Waals surface area contributed by atoms with Crippen LogP contribution >= 0.6 is 0 Å². The highest BCUT2D eigenvalue weighted by molar-refractivity contribution is 6.05. The van der Waals surface area contributed by atoms with Gasteiger partial charge in [-0.05, 0) is 60.9 Å². The van der Waals surface area contributed by atoms with Crippen LogP contribution in [0.3, 0.4) is 0 Å². The first-order chi connectivity index (χ1) is 17.6. The van der Waals surface area contributed by atoms with Crippen LogP contribution in [-0.4, -0.2) is 42.2 Å². The molecule has 0 atom stereocenters. The smallest absolute Gasteiger partial charge is 0.300 e. The zero-order valence-electron chi connectivity index (χ0n) is 19.3. The summed E-state index contributed by atoms with van der Waals surface area (Å²) in [6, 6.07) is 14.7. The van der Waals surface area contributed by atoms with Crippen LogP contribution in [0.15, 0.2) is 67.4 Å². The average Bonchev–Trinajstić information content (AvgIpc) is 3.34. The van der Waals surface area contributed by atoms with Gasteiger partial charge in [0.25, 0.3) is 5.91 Å². The summed E-state index contributed by atoms with van der Waals surface area (Å²) in [6.07, 6.45) is 5.01. The van der Waals surface area contributed by atoms with Crippen molar-refractivity contribution in [3.05, 3.63) is 72.9 Å². The molecule has 36 heavy (non-hydrogen) atoms. The van der Waals surface area contributed by atoms with Crippen molar-refractivity contribution in [1.29, 1.82) is 0 Å². The lowest BCUT2D eigenvalue weighted by Crippen LogP contribution is -2.08. The first kappa shape index (κ1) is 22.8. The molecule has 0 aliphatic heterocycles. The molecule has 0 fully saturated rings. The predicted molar refractivity (Wildman–Crippen MR) is 135 cm³/mol. The Hall–Kier alpha value is -5.01. The molecule has 10 nitrogen and oxygen atoms in total. The van der Waals surface area contributed by atoms with Gasteiger partial charge in [-0.3, -0.25) is 4.79 Å². The number of rotatable bonds is 6. The van der Waals surface area contributed by atoms with Crippen molar-refractivity contribution in [2.75, 3.05) is 17.2 Å². The van der Waals surface area contributed by atoms with Crippen LogP contribution in [0.1, 0.15) is 12.0 Å². The molecule has 10 heteroatoms. The lowest BCUT2D eigenvalue weighted by Gasteiger charge is -2.13. The van der Waals surface area contributed by atoms with Gasteiger partial charge in [0.1, 0.15) is 30.0 Å². The number of nitrogens with zero attached hydrogens (tertiary/aromatic N) is 5. The third-order valence-corrected chi connectivity index (χ3v) is 5.25. The SMILES string of the molecule is Cc1cc(Nc2ncnc3ccc(NC(=O)C#CCCO)cc23)ccc1Oc1ccn2ncnc2c1. The minimum Gasteiger partial charge on any atom is -0.457 e. The molecule has 3 aromatic heterocycles. The lowest BCUT2D eigenvalue weighted by atomic mass is 10.1. The Labute approximate surface area is 206 Å². The molecule has 2 aromatic carbocycles. The van der Waals surface area contributed by atoms with E-state index < -0.39 is 5.91 Å². The summed E-state index contributed by atoms with van der Waals surface area (Å²) in [5.74, 6) is 6.56. The quantitative estimate of drug-likeness (QED) is 0.314. The minimum atomic E-state index is -0.455. The Morgan fingerprint density at radius 3 is 2.81 bits per heavy atom. The van der Waals surface area contributed by atoms with Crippen LogP contribution in [-0.2, 0) is 4.79 Å². The van der Waals surface area contributed by atoms with Crippen molar-refractivity contribution in [2.24, 2.45) is 0 Å². The molecule has 3 heterocycles. The number of aliphatic hydroxyl groups is 1. The Bertz CT molecular complexity index is 1640. The van der Waals surface area contributed by atoms with E-state index >= 15 is 0 Å². The number of aryl methyl sites for hydroxylation is 1. The van der Waals surface area contributed by atoms with Gasteiger partial charge in [-0.25, -0.2) is 19.5 Å². The third-order valence-electron chi connectivity index (χ3n) is 5.25. The number of aliphatic hydroxyl groups excluding tert-OH is 1. The molecule has 0 spiro atoms. The number of carbonyl (C=O) groups is 1. The van der Waals surface area contributed by atoms with Crippen molar-refractivity contribution >= 4 is 39.6 Å². The molecule has 5 aromatic rings. The third kappa shape index (κ3) is 5.06. The second-order valence-electron chi connectivity index (χ2n) is 7.82. The maximum atomic E-state index is 12.0. The highest BCUT2D eigenvalue weighted by Crippen LogP contribution is 2.30. The van der Waals surface area contributed by atoms with Crippen molar-refractivity contribution in [2.45, 2.75) is 13.3 Å². The van der Waals surface area contributed by atoms with Gasteiger partial charge < -0.3 is 20.5 Å². The van der Waals surface area contributed by atoms with Gasteiger partial charge in [0.15, 0.2) is 5.65 Å². The van der Waals surface area contributed by atoms with E-state index in [0.29, 0.717) is 28.7 Å². The van der Waals surface area contributed by atoms with E-state index in [1.165, 1.54) is 12.7 Å². The number of carbonyl (C=O) groups excluding carboxylic acids is 1. The van der Waals surface area contributed by atoms with E-state index in [1.807, 2.05) is 37.3 Å². The monoisotopic (exact) mass is 479 g/mol. The second-order valence-corrected chi connectivity index (χ2v) is 7.82. The molecule has 3 N–H and O–H groups in total. The van der Waals surface area contributed by atoms with E-state index in [4.69, 9.17) is 9.84 Å². The average molecular weight is 480 g/mol. The van der Waals surface area contributed by atoms with Crippen molar-refractivity contribution in [3.8, 4) is 23.3 Å². The first-order valence-electron chi connectivity index (χ1n) is 11.1. The summed E-state index contributed by atoms with van der Waals surface area (Å²) in [6.45, 7) is 1.87. The van der Waals surface area contributed by atoms with Crippen LogP contribution in [0.4, 0.5) is 17.2 Å². The highest BCUT2D eigenvalue weighted by Gasteiger charge is 2.09. The summed E-state index contributed by atoms with van der Waals surface area (Å²) in [5, 5.41) is 19.7. The molecule has 0 aliphatic rings. The fourth-order valence-electron chi connectivity index (χ4n) is 3.56. The first-order valence-corrected chi connectivity index (χ1v) is 11.1. The van der Waals surface area contributed by atoms with E-state index in [0.717, 1.165) is 22.2 Å². The van der Waals surface area contributed by atoms with Crippen LogP contribution in [0.25, 0.3) is 16.6 Å². The number of anilines is 3. The topological polar surface area (TPSA) is 127 Å². The van der Waals surface area contributed by atoms with E-state index in [1.54, 1.807) is 28.9 Å². The maximum absolute atomic E-state index is 12.0. The van der Waals surface area contributed by atoms with Crippen molar-refractivity contribution in [1.82, 2.24) is 24.6 Å². The molecule has 0 saturated carbocycles. The number of amides is 1. The number of hydrogen-bond donors (Lipinski definition) is 3. The number of aromatic nitrogens is 5. The number of nitrogens with one attached hydrogen (secondary N) is 2. The molecule has 0 saturated heterocycles. The minimum absolute atomic E-state index is 0.0892. The zero-order chi connectivity index (χ0) is 24.9. The molecular formula is C26H21N7O3. The van der Waals surface area contributed by atoms with Gasteiger partial charge in [0.2, 0.25) is 0 Å².